The summed E-state index contributed by atoms with van der Waals surface area (Å²) < 4.78 is 3.92. The maximum atomic E-state index is 12.8. The molecule has 0 aromatic heterocycles. The van der Waals surface area contributed by atoms with Gasteiger partial charge >= 0.3 is 0 Å². The molecule has 0 aliphatic carbocycles. The smallest absolute Gasteiger partial charge is 0.250 e. The molecule has 1 unspecified atom stereocenters. The molecule has 2 aromatic rings. The summed E-state index contributed by atoms with van der Waals surface area (Å²) in [6, 6.07) is 12.3. The molecule has 7 heteroatoms. The third-order valence-electron chi connectivity index (χ3n) is 3.73. The van der Waals surface area contributed by atoms with Crippen molar-refractivity contribution in [2.24, 2.45) is 0 Å². The topological polar surface area (TPSA) is 67.4 Å². The summed E-state index contributed by atoms with van der Waals surface area (Å²) in [5, 5.41) is 5.98. The van der Waals surface area contributed by atoms with E-state index in [2.05, 4.69) is 10.6 Å². The van der Waals surface area contributed by atoms with Crippen LogP contribution in [0.4, 0.5) is 11.4 Å². The highest BCUT2D eigenvalue weighted by Gasteiger charge is 2.46. The number of thioether (sulfide) groups is 1. The number of hydrogen-bond donors (Lipinski definition) is 2. The van der Waals surface area contributed by atoms with Gasteiger partial charge in [0, 0.05) is 9.92 Å². The first-order valence-corrected chi connectivity index (χ1v) is 8.38. The Bertz CT molecular complexity index is 827. The fourth-order valence-electron chi connectivity index (χ4n) is 2.34. The van der Waals surface area contributed by atoms with Gasteiger partial charge in [0.05, 0.1) is 18.5 Å². The van der Waals surface area contributed by atoms with Crippen LogP contribution >= 0.6 is 23.4 Å². The van der Waals surface area contributed by atoms with Gasteiger partial charge in [0.25, 0.3) is 0 Å². The maximum absolute atomic E-state index is 12.8. The molecule has 0 saturated carbocycles. The Hall–Kier alpha value is -2.18. The van der Waals surface area contributed by atoms with Crippen molar-refractivity contribution in [2.45, 2.75) is 16.6 Å². The van der Waals surface area contributed by atoms with Crippen molar-refractivity contribution < 1.29 is 14.3 Å². The van der Waals surface area contributed by atoms with Crippen molar-refractivity contribution >= 4 is 46.6 Å². The highest BCUT2D eigenvalue weighted by molar-refractivity contribution is 8.02. The molecule has 2 amide bonds. The number of carbonyl (C=O) groups excluding carboxylic acids is 2. The molecule has 2 N–H and O–H groups in total. The molecular formula is C17H15ClN2O3S. The summed E-state index contributed by atoms with van der Waals surface area (Å²) >= 11 is 7.20. The van der Waals surface area contributed by atoms with Gasteiger partial charge in [-0.2, -0.15) is 0 Å². The molecule has 1 atom stereocenters. The normalized spacial score (nSPS) is 19.2. The van der Waals surface area contributed by atoms with Crippen molar-refractivity contribution in [1.29, 1.82) is 0 Å². The minimum Gasteiger partial charge on any atom is -0.495 e. The van der Waals surface area contributed by atoms with Gasteiger partial charge in [0.1, 0.15) is 5.75 Å². The van der Waals surface area contributed by atoms with Gasteiger partial charge in [-0.25, -0.2) is 0 Å². The van der Waals surface area contributed by atoms with Crippen molar-refractivity contribution in [2.75, 3.05) is 17.7 Å². The SMILES string of the molecule is COc1ccc(Cl)cc1NC(=O)C1(C)Sc2ccccc2NC1=O. The number of anilines is 2. The molecule has 5 nitrogen and oxygen atoms in total. The van der Waals surface area contributed by atoms with E-state index in [4.69, 9.17) is 16.3 Å². The molecule has 0 fully saturated rings. The summed E-state index contributed by atoms with van der Waals surface area (Å²) in [5.74, 6) is -0.345. The Morgan fingerprint density at radius 3 is 2.79 bits per heavy atom. The lowest BCUT2D eigenvalue weighted by atomic mass is 10.1. The average Bonchev–Trinajstić information content (AvgIpc) is 2.56. The fraction of sp³-hybridized carbons (Fsp3) is 0.176. The molecular weight excluding hydrogens is 348 g/mol. The zero-order valence-corrected chi connectivity index (χ0v) is 14.6. The second kappa shape index (κ2) is 6.37. The highest BCUT2D eigenvalue weighted by Crippen LogP contribution is 2.43. The van der Waals surface area contributed by atoms with Gasteiger partial charge in [0.15, 0.2) is 4.75 Å². The first kappa shape index (κ1) is 16.7. The highest BCUT2D eigenvalue weighted by atomic mass is 35.5. The Kier molecular flexibility index (Phi) is 4.43. The number of amides is 2. The summed E-state index contributed by atoms with van der Waals surface area (Å²) in [7, 11) is 1.50. The number of hydrogen-bond acceptors (Lipinski definition) is 4. The fourth-order valence-corrected chi connectivity index (χ4v) is 3.61. The van der Waals surface area contributed by atoms with E-state index in [1.165, 1.54) is 18.9 Å². The average molecular weight is 363 g/mol. The number of benzene rings is 2. The van der Waals surface area contributed by atoms with Crippen LogP contribution in [0.3, 0.4) is 0 Å². The first-order chi connectivity index (χ1) is 11.4. The predicted molar refractivity (Wildman–Crippen MR) is 96.0 cm³/mol. The summed E-state index contributed by atoms with van der Waals surface area (Å²) in [4.78, 5) is 26.1. The van der Waals surface area contributed by atoms with Crippen molar-refractivity contribution in [3.05, 3.63) is 47.5 Å². The van der Waals surface area contributed by atoms with Crippen LogP contribution in [0.25, 0.3) is 0 Å². The maximum Gasteiger partial charge on any atom is 0.250 e. The van der Waals surface area contributed by atoms with Crippen LogP contribution < -0.4 is 15.4 Å². The Morgan fingerprint density at radius 1 is 1.29 bits per heavy atom. The molecule has 3 rings (SSSR count). The van der Waals surface area contributed by atoms with Gasteiger partial charge in [-0.3, -0.25) is 9.59 Å². The quantitative estimate of drug-likeness (QED) is 0.815. The van der Waals surface area contributed by atoms with Crippen LogP contribution in [0.1, 0.15) is 6.92 Å². The van der Waals surface area contributed by atoms with E-state index in [-0.39, 0.29) is 5.91 Å². The predicted octanol–water partition coefficient (Wildman–Crippen LogP) is 3.79. The molecule has 0 saturated heterocycles. The van der Waals surface area contributed by atoms with E-state index < -0.39 is 10.7 Å². The van der Waals surface area contributed by atoms with E-state index in [0.717, 1.165) is 4.90 Å². The van der Waals surface area contributed by atoms with E-state index in [9.17, 15) is 9.59 Å². The van der Waals surface area contributed by atoms with E-state index in [0.29, 0.717) is 22.1 Å². The Labute approximate surface area is 148 Å². The lowest BCUT2D eigenvalue weighted by Crippen LogP contribution is -2.49. The molecule has 1 aliphatic rings. The second-order valence-electron chi connectivity index (χ2n) is 5.38. The van der Waals surface area contributed by atoms with Crippen molar-refractivity contribution in [1.82, 2.24) is 0 Å². The van der Waals surface area contributed by atoms with Crippen LogP contribution in [0, 0.1) is 0 Å². The third kappa shape index (κ3) is 2.95. The number of para-hydroxylation sites is 1. The van der Waals surface area contributed by atoms with Gasteiger partial charge in [-0.1, -0.05) is 35.5 Å². The number of nitrogens with one attached hydrogen (secondary N) is 2. The van der Waals surface area contributed by atoms with Gasteiger partial charge in [-0.15, -0.1) is 0 Å². The number of carbonyl (C=O) groups is 2. The number of ether oxygens (including phenoxy) is 1. The van der Waals surface area contributed by atoms with E-state index >= 15 is 0 Å². The second-order valence-corrected chi connectivity index (χ2v) is 7.28. The summed E-state index contributed by atoms with van der Waals surface area (Å²) in [6.45, 7) is 1.59. The Balaban J connectivity index is 1.90. The summed E-state index contributed by atoms with van der Waals surface area (Å²) in [5.41, 5.74) is 1.13. The number of halogens is 1. The molecule has 124 valence electrons. The largest absolute Gasteiger partial charge is 0.495 e. The number of rotatable bonds is 3. The minimum absolute atomic E-state index is 0.371. The molecule has 0 spiro atoms. The third-order valence-corrected chi connectivity index (χ3v) is 5.32. The molecule has 24 heavy (non-hydrogen) atoms. The molecule has 2 aromatic carbocycles. The Morgan fingerprint density at radius 2 is 2.04 bits per heavy atom. The van der Waals surface area contributed by atoms with E-state index in [1.807, 2.05) is 18.2 Å². The molecule has 1 aliphatic heterocycles. The van der Waals surface area contributed by atoms with Crippen LogP contribution in [0.5, 0.6) is 5.75 Å². The zero-order chi connectivity index (χ0) is 17.3. The van der Waals surface area contributed by atoms with Crippen molar-refractivity contribution in [3.63, 3.8) is 0 Å². The number of methoxy groups -OCH3 is 1. The monoisotopic (exact) mass is 362 g/mol. The lowest BCUT2D eigenvalue weighted by Gasteiger charge is -2.31. The molecule has 0 bridgehead atoms. The zero-order valence-electron chi connectivity index (χ0n) is 13.1. The van der Waals surface area contributed by atoms with E-state index in [1.54, 1.807) is 31.2 Å². The summed E-state index contributed by atoms with van der Waals surface area (Å²) in [6.07, 6.45) is 0. The van der Waals surface area contributed by atoms with Gasteiger partial charge < -0.3 is 15.4 Å². The van der Waals surface area contributed by atoms with Crippen LogP contribution in [0.2, 0.25) is 5.02 Å². The van der Waals surface area contributed by atoms with Crippen molar-refractivity contribution in [3.8, 4) is 5.75 Å². The first-order valence-electron chi connectivity index (χ1n) is 7.18. The molecule has 0 radical (unpaired) electrons. The van der Waals surface area contributed by atoms with Crippen LogP contribution in [0.15, 0.2) is 47.4 Å². The van der Waals surface area contributed by atoms with Crippen LogP contribution in [-0.2, 0) is 9.59 Å². The van der Waals surface area contributed by atoms with Crippen LogP contribution in [-0.4, -0.2) is 23.7 Å². The standard InChI is InChI=1S/C17H15ClN2O3S/c1-17(15(21)19-11-5-3-4-6-14(11)24-17)16(22)20-12-9-10(18)7-8-13(12)23-2/h3-9H,1-2H3,(H,19,21)(H,20,22). The molecule has 1 heterocycles. The lowest BCUT2D eigenvalue weighted by molar-refractivity contribution is -0.126. The van der Waals surface area contributed by atoms with Gasteiger partial charge in [0.2, 0.25) is 11.8 Å². The number of fused-ring (bicyclic) bond motifs is 1. The van der Waals surface area contributed by atoms with Gasteiger partial charge in [-0.05, 0) is 37.3 Å². The minimum atomic E-state index is -1.30.